The van der Waals surface area contributed by atoms with Crippen molar-refractivity contribution in [3.63, 3.8) is 0 Å². The number of rotatable bonds is 0. The van der Waals surface area contributed by atoms with Crippen LogP contribution in [-0.4, -0.2) is 4.98 Å². The molecule has 0 bridgehead atoms. The number of hydrogen-bond donors (Lipinski definition) is 1. The average Bonchev–Trinajstić information content (AvgIpc) is 2.17. The highest BCUT2D eigenvalue weighted by Gasteiger charge is 2.30. The zero-order chi connectivity index (χ0) is 11.9. The van der Waals surface area contributed by atoms with Crippen LogP contribution >= 0.6 is 0 Å². The van der Waals surface area contributed by atoms with E-state index in [0.717, 1.165) is 12.1 Å². The molecule has 0 atom stereocenters. The fourth-order valence-corrected chi connectivity index (χ4v) is 1.49. The molecule has 5 heteroatoms. The first-order valence-corrected chi connectivity index (χ1v) is 4.59. The van der Waals surface area contributed by atoms with E-state index in [1.54, 1.807) is 13.0 Å². The van der Waals surface area contributed by atoms with Gasteiger partial charge in [-0.1, -0.05) is 6.07 Å². The highest BCUT2D eigenvalue weighted by molar-refractivity contribution is 5.79. The van der Waals surface area contributed by atoms with Crippen LogP contribution in [0, 0.1) is 6.92 Å². The second kappa shape index (κ2) is 3.37. The van der Waals surface area contributed by atoms with E-state index in [2.05, 4.69) is 4.98 Å². The topological polar surface area (TPSA) is 32.9 Å². The Morgan fingerprint density at radius 3 is 2.50 bits per heavy atom. The number of H-pyrrole nitrogens is 1. The fraction of sp³-hybridized carbons (Fsp3) is 0.182. The van der Waals surface area contributed by atoms with Gasteiger partial charge < -0.3 is 4.98 Å². The lowest BCUT2D eigenvalue weighted by atomic mass is 10.1. The standard InChI is InChI=1S/C11H8F3NO/c1-6-4-7-2-3-8(11(12,13)14)5-9(7)15-10(6)16/h2-5H,1H3,(H,15,16). The van der Waals surface area contributed by atoms with Crippen LogP contribution < -0.4 is 5.56 Å². The number of hydrogen-bond acceptors (Lipinski definition) is 1. The van der Waals surface area contributed by atoms with Crippen molar-refractivity contribution in [1.82, 2.24) is 4.98 Å². The van der Waals surface area contributed by atoms with Crippen LogP contribution in [0.15, 0.2) is 29.1 Å². The lowest BCUT2D eigenvalue weighted by Gasteiger charge is -2.07. The second-order valence-corrected chi connectivity index (χ2v) is 3.58. The van der Waals surface area contributed by atoms with Gasteiger partial charge in [0.1, 0.15) is 0 Å². The lowest BCUT2D eigenvalue weighted by molar-refractivity contribution is -0.137. The molecule has 0 unspecified atom stereocenters. The predicted molar refractivity (Wildman–Crippen MR) is 54.3 cm³/mol. The van der Waals surface area contributed by atoms with Gasteiger partial charge in [-0.15, -0.1) is 0 Å². The lowest BCUT2D eigenvalue weighted by Crippen LogP contribution is -2.10. The number of fused-ring (bicyclic) bond motifs is 1. The van der Waals surface area contributed by atoms with Crippen molar-refractivity contribution in [2.24, 2.45) is 0 Å². The molecular formula is C11H8F3NO. The maximum atomic E-state index is 12.4. The van der Waals surface area contributed by atoms with Gasteiger partial charge >= 0.3 is 6.18 Å². The Balaban J connectivity index is 2.72. The quantitative estimate of drug-likeness (QED) is 0.737. The van der Waals surface area contributed by atoms with Gasteiger partial charge in [-0.3, -0.25) is 4.79 Å². The van der Waals surface area contributed by atoms with Gasteiger partial charge in [-0.05, 0) is 30.5 Å². The average molecular weight is 227 g/mol. The summed E-state index contributed by atoms with van der Waals surface area (Å²) in [4.78, 5) is 13.7. The third-order valence-electron chi connectivity index (χ3n) is 2.36. The van der Waals surface area contributed by atoms with Crippen molar-refractivity contribution in [3.05, 3.63) is 45.7 Å². The smallest absolute Gasteiger partial charge is 0.322 e. The predicted octanol–water partition coefficient (Wildman–Crippen LogP) is 2.86. The summed E-state index contributed by atoms with van der Waals surface area (Å²) < 4.78 is 37.2. The molecule has 2 nitrogen and oxygen atoms in total. The minimum atomic E-state index is -4.39. The summed E-state index contributed by atoms with van der Waals surface area (Å²) in [6.45, 7) is 1.61. The Bertz CT molecular complexity index is 598. The molecule has 1 heterocycles. The molecule has 1 N–H and O–H groups in total. The molecule has 16 heavy (non-hydrogen) atoms. The maximum Gasteiger partial charge on any atom is 0.416 e. The zero-order valence-electron chi connectivity index (χ0n) is 8.35. The number of alkyl halides is 3. The van der Waals surface area contributed by atoms with Crippen molar-refractivity contribution in [1.29, 1.82) is 0 Å². The number of aromatic nitrogens is 1. The third-order valence-corrected chi connectivity index (χ3v) is 2.36. The Labute approximate surface area is 88.7 Å². The number of aryl methyl sites for hydroxylation is 1. The number of halogens is 3. The number of aromatic amines is 1. The highest BCUT2D eigenvalue weighted by atomic mass is 19.4. The van der Waals surface area contributed by atoms with E-state index >= 15 is 0 Å². The molecule has 1 aromatic carbocycles. The SMILES string of the molecule is Cc1cc2ccc(C(F)(F)F)cc2[nH]c1=O. The van der Waals surface area contributed by atoms with Crippen molar-refractivity contribution in [2.45, 2.75) is 13.1 Å². The summed E-state index contributed by atoms with van der Waals surface area (Å²) in [5.74, 6) is 0. The monoisotopic (exact) mass is 227 g/mol. The molecular weight excluding hydrogens is 219 g/mol. The summed E-state index contributed by atoms with van der Waals surface area (Å²) >= 11 is 0. The van der Waals surface area contributed by atoms with Crippen LogP contribution in [0.3, 0.4) is 0 Å². The Morgan fingerprint density at radius 2 is 1.88 bits per heavy atom. The van der Waals surface area contributed by atoms with Gasteiger partial charge in [0.2, 0.25) is 0 Å². The molecule has 0 aliphatic carbocycles. The van der Waals surface area contributed by atoms with Gasteiger partial charge in [0.05, 0.1) is 5.56 Å². The molecule has 0 aliphatic heterocycles. The van der Waals surface area contributed by atoms with E-state index in [1.807, 2.05) is 0 Å². The van der Waals surface area contributed by atoms with E-state index in [9.17, 15) is 18.0 Å². The largest absolute Gasteiger partial charge is 0.416 e. The molecule has 0 radical (unpaired) electrons. The minimum Gasteiger partial charge on any atom is -0.322 e. The number of pyridine rings is 1. The Morgan fingerprint density at radius 1 is 1.19 bits per heavy atom. The fourth-order valence-electron chi connectivity index (χ4n) is 1.49. The maximum absolute atomic E-state index is 12.4. The molecule has 84 valence electrons. The first-order chi connectivity index (χ1) is 7.38. The summed E-state index contributed by atoms with van der Waals surface area (Å²) in [6, 6.07) is 4.85. The van der Waals surface area contributed by atoms with Gasteiger partial charge in [0.25, 0.3) is 5.56 Å². The molecule has 2 aromatic rings. The summed E-state index contributed by atoms with van der Waals surface area (Å²) in [5, 5.41) is 0.588. The van der Waals surface area contributed by atoms with E-state index in [1.165, 1.54) is 6.07 Å². The summed E-state index contributed by atoms with van der Waals surface area (Å²) in [5.41, 5.74) is -0.455. The Hall–Kier alpha value is -1.78. The van der Waals surface area contributed by atoms with E-state index < -0.39 is 11.7 Å². The van der Waals surface area contributed by atoms with Gasteiger partial charge in [-0.25, -0.2) is 0 Å². The minimum absolute atomic E-state index is 0.199. The highest BCUT2D eigenvalue weighted by Crippen LogP contribution is 2.30. The molecule has 1 aromatic heterocycles. The number of nitrogens with one attached hydrogen (secondary N) is 1. The first-order valence-electron chi connectivity index (χ1n) is 4.59. The van der Waals surface area contributed by atoms with E-state index in [0.29, 0.717) is 10.9 Å². The molecule has 0 saturated carbocycles. The molecule has 0 amide bonds. The number of benzene rings is 1. The molecule has 0 aliphatic rings. The molecule has 0 fully saturated rings. The van der Waals surface area contributed by atoms with E-state index in [-0.39, 0.29) is 11.1 Å². The van der Waals surface area contributed by atoms with Crippen LogP contribution in [0.1, 0.15) is 11.1 Å². The van der Waals surface area contributed by atoms with Crippen molar-refractivity contribution in [3.8, 4) is 0 Å². The van der Waals surface area contributed by atoms with Crippen LogP contribution in [0.2, 0.25) is 0 Å². The Kier molecular flexibility index (Phi) is 2.26. The third kappa shape index (κ3) is 1.80. The van der Waals surface area contributed by atoms with Crippen LogP contribution in [0.25, 0.3) is 10.9 Å². The van der Waals surface area contributed by atoms with Crippen LogP contribution in [-0.2, 0) is 6.18 Å². The molecule has 2 rings (SSSR count). The summed E-state index contributed by atoms with van der Waals surface area (Å²) in [7, 11) is 0. The van der Waals surface area contributed by atoms with Gasteiger partial charge in [0, 0.05) is 11.1 Å². The van der Waals surface area contributed by atoms with Crippen molar-refractivity contribution in [2.75, 3.05) is 0 Å². The zero-order valence-corrected chi connectivity index (χ0v) is 8.35. The van der Waals surface area contributed by atoms with Crippen LogP contribution in [0.5, 0.6) is 0 Å². The normalized spacial score (nSPS) is 12.0. The van der Waals surface area contributed by atoms with E-state index in [4.69, 9.17) is 0 Å². The van der Waals surface area contributed by atoms with Crippen LogP contribution in [0.4, 0.5) is 13.2 Å². The van der Waals surface area contributed by atoms with Gasteiger partial charge in [0.15, 0.2) is 0 Å². The summed E-state index contributed by atoms with van der Waals surface area (Å²) in [6.07, 6.45) is -4.39. The van der Waals surface area contributed by atoms with Crippen molar-refractivity contribution >= 4 is 10.9 Å². The molecule has 0 saturated heterocycles. The van der Waals surface area contributed by atoms with Gasteiger partial charge in [-0.2, -0.15) is 13.2 Å². The molecule has 0 spiro atoms. The first kappa shape index (κ1) is 10.7. The van der Waals surface area contributed by atoms with Crippen molar-refractivity contribution < 1.29 is 13.2 Å². The second-order valence-electron chi connectivity index (χ2n) is 3.58.